The SMILES string of the molecule is CCCNC(=O)C1COCCN1CCC1CCCCN1. The summed E-state index contributed by atoms with van der Waals surface area (Å²) in [6, 6.07) is 0.532. The fourth-order valence-electron chi connectivity index (χ4n) is 3.01. The smallest absolute Gasteiger partial charge is 0.239 e. The summed E-state index contributed by atoms with van der Waals surface area (Å²) in [5.41, 5.74) is 0. The van der Waals surface area contributed by atoms with Crippen LogP contribution in [0, 0.1) is 0 Å². The largest absolute Gasteiger partial charge is 0.378 e. The molecule has 0 radical (unpaired) electrons. The van der Waals surface area contributed by atoms with Crippen molar-refractivity contribution >= 4 is 5.91 Å². The Morgan fingerprint density at radius 3 is 3.10 bits per heavy atom. The maximum atomic E-state index is 12.2. The van der Waals surface area contributed by atoms with Crippen LogP contribution in [0.15, 0.2) is 0 Å². The zero-order chi connectivity index (χ0) is 14.2. The molecule has 2 N–H and O–H groups in total. The van der Waals surface area contributed by atoms with Crippen LogP contribution in [0.2, 0.25) is 0 Å². The van der Waals surface area contributed by atoms with E-state index in [-0.39, 0.29) is 11.9 Å². The molecule has 5 nitrogen and oxygen atoms in total. The van der Waals surface area contributed by atoms with Crippen LogP contribution in [0.1, 0.15) is 39.0 Å². The van der Waals surface area contributed by atoms with Gasteiger partial charge in [-0.2, -0.15) is 0 Å². The van der Waals surface area contributed by atoms with E-state index in [2.05, 4.69) is 22.5 Å². The molecule has 0 aromatic carbocycles. The second-order valence-electron chi connectivity index (χ2n) is 5.85. The lowest BCUT2D eigenvalue weighted by atomic mass is 10.0. The van der Waals surface area contributed by atoms with E-state index in [9.17, 15) is 4.79 Å². The lowest BCUT2D eigenvalue weighted by Gasteiger charge is -2.36. The van der Waals surface area contributed by atoms with Crippen LogP contribution < -0.4 is 10.6 Å². The molecule has 2 atom stereocenters. The van der Waals surface area contributed by atoms with Crippen molar-refractivity contribution in [2.45, 2.75) is 51.1 Å². The van der Waals surface area contributed by atoms with Gasteiger partial charge >= 0.3 is 0 Å². The maximum absolute atomic E-state index is 12.2. The van der Waals surface area contributed by atoms with Gasteiger partial charge in [0.05, 0.1) is 13.2 Å². The van der Waals surface area contributed by atoms with Crippen molar-refractivity contribution in [3.05, 3.63) is 0 Å². The van der Waals surface area contributed by atoms with Gasteiger partial charge in [0.15, 0.2) is 0 Å². The van der Waals surface area contributed by atoms with Crippen LogP contribution in [0.5, 0.6) is 0 Å². The molecule has 0 saturated carbocycles. The van der Waals surface area contributed by atoms with Crippen LogP contribution in [-0.4, -0.2) is 62.3 Å². The number of rotatable bonds is 6. The first kappa shape index (κ1) is 15.7. The third-order valence-electron chi connectivity index (χ3n) is 4.27. The van der Waals surface area contributed by atoms with E-state index in [1.165, 1.54) is 19.3 Å². The fraction of sp³-hybridized carbons (Fsp3) is 0.933. The zero-order valence-corrected chi connectivity index (χ0v) is 12.7. The molecule has 5 heteroatoms. The van der Waals surface area contributed by atoms with Gasteiger partial charge in [0.25, 0.3) is 0 Å². The van der Waals surface area contributed by atoms with Crippen LogP contribution in [-0.2, 0) is 9.53 Å². The van der Waals surface area contributed by atoms with Crippen LogP contribution >= 0.6 is 0 Å². The summed E-state index contributed by atoms with van der Waals surface area (Å²) in [6.45, 7) is 7.12. The molecule has 0 aromatic heterocycles. The topological polar surface area (TPSA) is 53.6 Å². The van der Waals surface area contributed by atoms with Crippen LogP contribution in [0.25, 0.3) is 0 Å². The zero-order valence-electron chi connectivity index (χ0n) is 12.7. The molecule has 0 aliphatic carbocycles. The molecule has 2 heterocycles. The number of hydrogen-bond donors (Lipinski definition) is 2. The molecule has 0 spiro atoms. The third kappa shape index (κ3) is 4.72. The predicted octanol–water partition coefficient (Wildman–Crippen LogP) is 0.746. The quantitative estimate of drug-likeness (QED) is 0.755. The molecule has 0 aromatic rings. The molecule has 2 saturated heterocycles. The third-order valence-corrected chi connectivity index (χ3v) is 4.27. The van der Waals surface area contributed by atoms with E-state index in [0.717, 1.165) is 45.6 Å². The van der Waals surface area contributed by atoms with E-state index in [0.29, 0.717) is 12.6 Å². The van der Waals surface area contributed by atoms with Gasteiger partial charge in [0.2, 0.25) is 5.91 Å². The maximum Gasteiger partial charge on any atom is 0.239 e. The minimum Gasteiger partial charge on any atom is -0.378 e. The molecule has 2 aliphatic heterocycles. The summed E-state index contributed by atoms with van der Waals surface area (Å²) in [5, 5.41) is 6.57. The number of nitrogens with one attached hydrogen (secondary N) is 2. The monoisotopic (exact) mass is 283 g/mol. The highest BCUT2D eigenvalue weighted by molar-refractivity contribution is 5.81. The Morgan fingerprint density at radius 2 is 2.35 bits per heavy atom. The van der Waals surface area contributed by atoms with Gasteiger partial charge in [-0.1, -0.05) is 13.3 Å². The van der Waals surface area contributed by atoms with Crippen molar-refractivity contribution in [3.8, 4) is 0 Å². The summed E-state index contributed by atoms with van der Waals surface area (Å²) < 4.78 is 5.49. The Labute approximate surface area is 122 Å². The Bertz CT molecular complexity index is 293. The highest BCUT2D eigenvalue weighted by Crippen LogP contribution is 2.13. The summed E-state index contributed by atoms with van der Waals surface area (Å²) in [6.07, 6.45) is 6.03. The van der Waals surface area contributed by atoms with Gasteiger partial charge in [-0.3, -0.25) is 9.69 Å². The lowest BCUT2D eigenvalue weighted by molar-refractivity contribution is -0.132. The van der Waals surface area contributed by atoms with Gasteiger partial charge in [0.1, 0.15) is 6.04 Å². The Hall–Kier alpha value is -0.650. The average Bonchev–Trinajstić information content (AvgIpc) is 2.52. The number of piperidine rings is 1. The van der Waals surface area contributed by atoms with Crippen molar-refractivity contribution in [2.24, 2.45) is 0 Å². The first-order chi connectivity index (χ1) is 9.81. The van der Waals surface area contributed by atoms with E-state index < -0.39 is 0 Å². The number of amides is 1. The van der Waals surface area contributed by atoms with Crippen LogP contribution in [0.3, 0.4) is 0 Å². The molecule has 20 heavy (non-hydrogen) atoms. The summed E-state index contributed by atoms with van der Waals surface area (Å²) in [4.78, 5) is 14.5. The van der Waals surface area contributed by atoms with Gasteiger partial charge < -0.3 is 15.4 Å². The molecule has 0 bridgehead atoms. The Balaban J connectivity index is 1.78. The van der Waals surface area contributed by atoms with Gasteiger partial charge in [-0.05, 0) is 32.2 Å². The van der Waals surface area contributed by atoms with Crippen molar-refractivity contribution < 1.29 is 9.53 Å². The minimum atomic E-state index is -0.0982. The number of carbonyl (C=O) groups excluding carboxylic acids is 1. The Morgan fingerprint density at radius 1 is 1.45 bits per heavy atom. The standard InChI is InChI=1S/C15H29N3O2/c1-2-7-17-15(19)14-12-20-11-10-18(14)9-6-13-5-3-4-8-16-13/h13-14,16H,2-12H2,1H3,(H,17,19). The van der Waals surface area contributed by atoms with E-state index in [1.54, 1.807) is 0 Å². The van der Waals surface area contributed by atoms with Crippen molar-refractivity contribution in [3.63, 3.8) is 0 Å². The first-order valence-corrected chi connectivity index (χ1v) is 8.14. The Kier molecular flexibility index (Phi) is 6.76. The molecule has 116 valence electrons. The second kappa shape index (κ2) is 8.60. The number of carbonyl (C=O) groups is 1. The number of ether oxygens (including phenoxy) is 1. The van der Waals surface area contributed by atoms with Gasteiger partial charge in [0, 0.05) is 25.7 Å². The van der Waals surface area contributed by atoms with E-state index in [4.69, 9.17) is 4.74 Å². The van der Waals surface area contributed by atoms with E-state index in [1.807, 2.05) is 0 Å². The summed E-state index contributed by atoms with van der Waals surface area (Å²) >= 11 is 0. The highest BCUT2D eigenvalue weighted by Gasteiger charge is 2.29. The van der Waals surface area contributed by atoms with Gasteiger partial charge in [-0.15, -0.1) is 0 Å². The molecular weight excluding hydrogens is 254 g/mol. The van der Waals surface area contributed by atoms with Gasteiger partial charge in [-0.25, -0.2) is 0 Å². The van der Waals surface area contributed by atoms with Crippen molar-refractivity contribution in [1.82, 2.24) is 15.5 Å². The fourth-order valence-corrected chi connectivity index (χ4v) is 3.01. The molecule has 2 rings (SSSR count). The van der Waals surface area contributed by atoms with Crippen molar-refractivity contribution in [2.75, 3.05) is 39.4 Å². The molecule has 1 amide bonds. The van der Waals surface area contributed by atoms with Crippen molar-refractivity contribution in [1.29, 1.82) is 0 Å². The first-order valence-electron chi connectivity index (χ1n) is 8.14. The molecule has 2 aliphatic rings. The molecule has 2 fully saturated rings. The highest BCUT2D eigenvalue weighted by atomic mass is 16.5. The lowest BCUT2D eigenvalue weighted by Crippen LogP contribution is -2.54. The van der Waals surface area contributed by atoms with Crippen LogP contribution in [0.4, 0.5) is 0 Å². The predicted molar refractivity (Wildman–Crippen MR) is 79.7 cm³/mol. The number of nitrogens with zero attached hydrogens (tertiary/aromatic N) is 1. The number of hydrogen-bond acceptors (Lipinski definition) is 4. The summed E-state index contributed by atoms with van der Waals surface area (Å²) in [7, 11) is 0. The number of morpholine rings is 1. The van der Waals surface area contributed by atoms with E-state index >= 15 is 0 Å². The molecular formula is C15H29N3O2. The molecule has 2 unspecified atom stereocenters. The summed E-state index contributed by atoms with van der Waals surface area (Å²) in [5.74, 6) is 0.128. The normalized spacial score (nSPS) is 28.2. The average molecular weight is 283 g/mol. The second-order valence-corrected chi connectivity index (χ2v) is 5.85. The minimum absolute atomic E-state index is 0.0982.